The minimum Gasteiger partial charge on any atom is -0.311 e. The van der Waals surface area contributed by atoms with Crippen LogP contribution in [0.25, 0.3) is 38.6 Å². The van der Waals surface area contributed by atoms with Gasteiger partial charge in [0.25, 0.3) is 6.71 Å². The number of para-hydroxylation sites is 3. The lowest BCUT2D eigenvalue weighted by molar-refractivity contribution is 1.16. The van der Waals surface area contributed by atoms with E-state index in [1.165, 1.54) is 102 Å². The van der Waals surface area contributed by atoms with Crippen LogP contribution in [-0.4, -0.2) is 27.4 Å². The van der Waals surface area contributed by atoms with Gasteiger partial charge in [-0.05, 0) is 130 Å². The zero-order chi connectivity index (χ0) is 59.6. The average Bonchev–Trinajstić information content (AvgIpc) is 0.769. The van der Waals surface area contributed by atoms with Gasteiger partial charge in [-0.25, -0.2) is 0 Å². The van der Waals surface area contributed by atoms with Gasteiger partial charge in [-0.1, -0.05) is 303 Å². The van der Waals surface area contributed by atoms with Crippen molar-refractivity contribution in [3.05, 3.63) is 364 Å². The zero-order valence-corrected chi connectivity index (χ0v) is 51.6. The third kappa shape index (κ3) is 8.33. The minimum atomic E-state index is -2.97. The Morgan fingerprint density at radius 1 is 0.222 bits per heavy atom. The fourth-order valence-electron chi connectivity index (χ4n) is 15.5. The number of nitrogens with zero attached hydrogens (tertiary/aromatic N) is 3. The molecular weight excluding hydrogens is 1120 g/mol. The molecule has 0 saturated carbocycles. The summed E-state index contributed by atoms with van der Waals surface area (Å²) in [7, 11) is -5.85. The topological polar surface area (TPSA) is 11.4 Å². The van der Waals surface area contributed by atoms with Gasteiger partial charge in [0, 0.05) is 44.9 Å². The Hall–Kier alpha value is -11.0. The van der Waals surface area contributed by atoms with E-state index in [4.69, 9.17) is 0 Å². The molecule has 0 spiro atoms. The fraction of sp³-hybridized carbons (Fsp3) is 0. The number of rotatable bonds is 12. The number of aromatic nitrogens is 1. The second kappa shape index (κ2) is 22.0. The van der Waals surface area contributed by atoms with E-state index in [-0.39, 0.29) is 6.71 Å². The van der Waals surface area contributed by atoms with Crippen molar-refractivity contribution in [2.24, 2.45) is 0 Å². The molecule has 0 unspecified atom stereocenters. The maximum absolute atomic E-state index is 2.97. The summed E-state index contributed by atoms with van der Waals surface area (Å²) in [6.07, 6.45) is 0. The molecule has 1 aromatic heterocycles. The van der Waals surface area contributed by atoms with Crippen LogP contribution in [-0.2, 0) is 0 Å². The molecule has 2 aliphatic rings. The normalized spacial score (nSPS) is 12.6. The van der Waals surface area contributed by atoms with Crippen molar-refractivity contribution in [3.63, 3.8) is 0 Å². The number of hydrogen-bond donors (Lipinski definition) is 0. The van der Waals surface area contributed by atoms with Crippen LogP contribution in [0.15, 0.2) is 364 Å². The molecule has 0 saturated heterocycles. The molecule has 14 aromatic carbocycles. The molecule has 0 amide bonds. The largest absolute Gasteiger partial charge is 0.311 e. The van der Waals surface area contributed by atoms with E-state index in [9.17, 15) is 0 Å². The van der Waals surface area contributed by atoms with Gasteiger partial charge in [-0.2, -0.15) is 0 Å². The van der Waals surface area contributed by atoms with Crippen LogP contribution in [0.5, 0.6) is 0 Å². The van der Waals surface area contributed by atoms with Crippen molar-refractivity contribution in [3.8, 4) is 16.8 Å². The van der Waals surface area contributed by atoms with Gasteiger partial charge in [-0.15, -0.1) is 0 Å². The second-order valence-electron chi connectivity index (χ2n) is 23.9. The molecule has 90 heavy (non-hydrogen) atoms. The Balaban J connectivity index is 0.962. The second-order valence-corrected chi connectivity index (χ2v) is 31.5. The molecule has 6 heteroatoms. The summed E-state index contributed by atoms with van der Waals surface area (Å²) >= 11 is 0. The monoisotopic (exact) mass is 1180 g/mol. The Bertz CT molecular complexity index is 4880. The minimum absolute atomic E-state index is 0.103. The van der Waals surface area contributed by atoms with E-state index in [0.29, 0.717) is 0 Å². The Morgan fingerprint density at radius 2 is 0.611 bits per heavy atom. The van der Waals surface area contributed by atoms with Crippen molar-refractivity contribution < 1.29 is 0 Å². The van der Waals surface area contributed by atoms with Gasteiger partial charge >= 0.3 is 0 Å². The highest BCUT2D eigenvalue weighted by Crippen LogP contribution is 2.47. The smallest absolute Gasteiger partial charge is 0.252 e. The molecule has 2 aliphatic heterocycles. The summed E-state index contributed by atoms with van der Waals surface area (Å²) in [6.45, 7) is -0.103. The predicted molar refractivity (Wildman–Crippen MR) is 387 cm³/mol. The first-order valence-electron chi connectivity index (χ1n) is 31.3. The maximum Gasteiger partial charge on any atom is 0.252 e. The van der Waals surface area contributed by atoms with Crippen LogP contribution in [0, 0.1) is 0 Å². The van der Waals surface area contributed by atoms with Crippen LogP contribution < -0.4 is 67.7 Å². The van der Waals surface area contributed by atoms with Gasteiger partial charge in [0.15, 0.2) is 16.1 Å². The lowest BCUT2D eigenvalue weighted by Crippen LogP contribution is -2.74. The molecule has 15 aromatic rings. The highest BCUT2D eigenvalue weighted by molar-refractivity contribution is 7.20. The highest BCUT2D eigenvalue weighted by Gasteiger charge is 2.47. The van der Waals surface area contributed by atoms with Gasteiger partial charge in [0.2, 0.25) is 0 Å². The first kappa shape index (κ1) is 53.2. The molecule has 0 N–H and O–H groups in total. The standard InChI is InChI=1S/C84H60BN3Si2/c1-8-29-61(30-9-1)62-51-56-77-81(57-62)86(63-52-54-72(55-53-63)89(66-32-10-2-11-33-66,67-34-12-3-13-35-67)68-36-14-4-15-37-68)82-59-65(88-78-48-25-22-45-74(78)75-46-23-26-49-79(75)88)60-83-84(82)85(77)76-47-24-27-50-80(76)87(83)64-31-28-44-73(58-64)90(69-38-16-5-17-39-69,70-40-18-6-19-41-70)71-42-20-7-21-43-71/h1-60H. The lowest BCUT2D eigenvalue weighted by Gasteiger charge is -2.45. The van der Waals surface area contributed by atoms with Crippen LogP contribution in [0.2, 0.25) is 0 Å². The first-order valence-corrected chi connectivity index (χ1v) is 35.3. The van der Waals surface area contributed by atoms with Crippen LogP contribution in [0.4, 0.5) is 34.1 Å². The number of anilines is 6. The van der Waals surface area contributed by atoms with Gasteiger partial charge < -0.3 is 14.4 Å². The molecule has 17 rings (SSSR count). The van der Waals surface area contributed by atoms with E-state index in [2.05, 4.69) is 378 Å². The van der Waals surface area contributed by atoms with Gasteiger partial charge in [0.1, 0.15) is 0 Å². The van der Waals surface area contributed by atoms with Crippen molar-refractivity contribution in [2.75, 3.05) is 9.80 Å². The zero-order valence-electron chi connectivity index (χ0n) is 49.6. The Labute approximate surface area is 528 Å². The third-order valence-corrected chi connectivity index (χ3v) is 28.8. The SMILES string of the molecule is c1ccc(-c2ccc3c(c2)N(c2ccc([Si](c4ccccc4)(c4ccccc4)c4ccccc4)cc2)c2cc(-n4c5ccccc5c5ccccc54)cc4c2B3c2ccccc2N4c2cccc([Si](c3ccccc3)(c3ccccc3)c3ccccc3)c2)cc1. The summed E-state index contributed by atoms with van der Waals surface area (Å²) < 4.78 is 2.51. The number of benzene rings is 14. The molecular formula is C84H60BN3Si2. The van der Waals surface area contributed by atoms with Crippen molar-refractivity contribution in [1.82, 2.24) is 4.57 Å². The third-order valence-electron chi connectivity index (χ3n) is 19.2. The fourth-order valence-corrected chi connectivity index (χ4v) is 25.0. The summed E-state index contributed by atoms with van der Waals surface area (Å²) in [4.78, 5) is 5.21. The van der Waals surface area contributed by atoms with Crippen LogP contribution in [0.1, 0.15) is 0 Å². The van der Waals surface area contributed by atoms with Crippen LogP contribution in [0.3, 0.4) is 0 Å². The van der Waals surface area contributed by atoms with E-state index in [1.54, 1.807) is 0 Å². The molecule has 3 heterocycles. The average molecular weight is 1180 g/mol. The van der Waals surface area contributed by atoms with Gasteiger partial charge in [0.05, 0.1) is 16.7 Å². The van der Waals surface area contributed by atoms with E-state index in [1.807, 2.05) is 0 Å². The lowest BCUT2D eigenvalue weighted by atomic mass is 9.33. The Morgan fingerprint density at radius 3 is 1.11 bits per heavy atom. The van der Waals surface area contributed by atoms with E-state index in [0.717, 1.165) is 28.4 Å². The molecule has 0 aliphatic carbocycles. The van der Waals surface area contributed by atoms with Crippen molar-refractivity contribution in [2.45, 2.75) is 0 Å². The maximum atomic E-state index is 2.61. The molecule has 0 radical (unpaired) electrons. The summed E-state index contributed by atoms with van der Waals surface area (Å²) in [6, 6.07) is 137. The summed E-state index contributed by atoms with van der Waals surface area (Å²) in [5.41, 5.74) is 16.4. The Kier molecular flexibility index (Phi) is 13.0. The number of hydrogen-bond acceptors (Lipinski definition) is 2. The highest BCUT2D eigenvalue weighted by atomic mass is 28.3. The van der Waals surface area contributed by atoms with Gasteiger partial charge in [-0.3, -0.25) is 0 Å². The molecule has 0 atom stereocenters. The molecule has 0 bridgehead atoms. The summed E-state index contributed by atoms with van der Waals surface area (Å²) in [5, 5.41) is 13.2. The summed E-state index contributed by atoms with van der Waals surface area (Å²) in [5.74, 6) is 0. The van der Waals surface area contributed by atoms with Crippen molar-refractivity contribution in [1.29, 1.82) is 0 Å². The molecule has 422 valence electrons. The predicted octanol–water partition coefficient (Wildman–Crippen LogP) is 13.3. The van der Waals surface area contributed by atoms with E-state index < -0.39 is 16.1 Å². The van der Waals surface area contributed by atoms with Crippen molar-refractivity contribution >= 4 is 137 Å². The van der Waals surface area contributed by atoms with Crippen LogP contribution >= 0.6 is 0 Å². The molecule has 0 fully saturated rings. The first-order chi connectivity index (χ1) is 44.7. The quantitative estimate of drug-likeness (QED) is 0.0892. The number of fused-ring (bicyclic) bond motifs is 7. The van der Waals surface area contributed by atoms with E-state index >= 15 is 0 Å². The molecule has 3 nitrogen and oxygen atoms in total.